The minimum Gasteiger partial charge on any atom is -0.396 e. The van der Waals surface area contributed by atoms with Crippen LogP contribution in [0.1, 0.15) is 38.5 Å². The van der Waals surface area contributed by atoms with Gasteiger partial charge in [0.05, 0.1) is 6.61 Å². The zero-order valence-electron chi connectivity index (χ0n) is 10.4. The molecule has 0 aromatic rings. The van der Waals surface area contributed by atoms with Crippen molar-refractivity contribution in [3.63, 3.8) is 0 Å². The van der Waals surface area contributed by atoms with Crippen molar-refractivity contribution < 1.29 is 9.84 Å². The minimum absolute atomic E-state index is 0.333. The fraction of sp³-hybridized carbons (Fsp3) is 1.00. The third kappa shape index (κ3) is 2.96. The van der Waals surface area contributed by atoms with Crippen molar-refractivity contribution in [3.05, 3.63) is 0 Å². The molecule has 3 nitrogen and oxygen atoms in total. The lowest BCUT2D eigenvalue weighted by atomic mass is 9.66. The molecule has 0 radical (unpaired) electrons. The molecule has 94 valence electrons. The van der Waals surface area contributed by atoms with E-state index in [2.05, 4.69) is 5.32 Å². The van der Waals surface area contributed by atoms with Crippen molar-refractivity contribution in [2.75, 3.05) is 26.9 Å². The van der Waals surface area contributed by atoms with Gasteiger partial charge in [0.15, 0.2) is 0 Å². The molecule has 0 spiro atoms. The molecule has 3 heteroatoms. The molecule has 0 heterocycles. The van der Waals surface area contributed by atoms with Crippen LogP contribution in [0.5, 0.6) is 0 Å². The summed E-state index contributed by atoms with van der Waals surface area (Å²) in [7, 11) is 1.78. The summed E-state index contributed by atoms with van der Waals surface area (Å²) < 4.78 is 5.27. The van der Waals surface area contributed by atoms with Crippen LogP contribution in [0.2, 0.25) is 0 Å². The Morgan fingerprint density at radius 2 is 2.19 bits per heavy atom. The highest BCUT2D eigenvalue weighted by atomic mass is 16.5. The molecule has 2 saturated carbocycles. The van der Waals surface area contributed by atoms with Gasteiger partial charge in [-0.15, -0.1) is 0 Å². The Balaban J connectivity index is 1.74. The standard InChI is InChI=1S/C13H25NO2/c1-16-9-12(11-3-4-11)14-10-13(7-8-15)5-2-6-13/h11-12,14-15H,2-10H2,1H3. The molecular weight excluding hydrogens is 202 g/mol. The van der Waals surface area contributed by atoms with Gasteiger partial charge in [-0.25, -0.2) is 0 Å². The van der Waals surface area contributed by atoms with Gasteiger partial charge in [-0.05, 0) is 43.4 Å². The Morgan fingerprint density at radius 3 is 2.62 bits per heavy atom. The molecule has 0 amide bonds. The maximum atomic E-state index is 9.10. The number of hydrogen-bond acceptors (Lipinski definition) is 3. The Kier molecular flexibility index (Phi) is 4.22. The number of nitrogens with one attached hydrogen (secondary N) is 1. The van der Waals surface area contributed by atoms with E-state index in [0.717, 1.165) is 25.5 Å². The van der Waals surface area contributed by atoms with Gasteiger partial charge in [0, 0.05) is 26.3 Å². The van der Waals surface area contributed by atoms with E-state index in [1.807, 2.05) is 0 Å². The molecule has 2 rings (SSSR count). The third-order valence-electron chi connectivity index (χ3n) is 4.33. The van der Waals surface area contributed by atoms with Crippen LogP contribution in [-0.4, -0.2) is 38.0 Å². The van der Waals surface area contributed by atoms with Crippen LogP contribution in [0.3, 0.4) is 0 Å². The number of aliphatic hydroxyl groups is 1. The highest BCUT2D eigenvalue weighted by molar-refractivity contribution is 4.93. The Labute approximate surface area is 98.6 Å². The first-order valence-corrected chi connectivity index (χ1v) is 6.63. The van der Waals surface area contributed by atoms with Gasteiger partial charge in [0.25, 0.3) is 0 Å². The van der Waals surface area contributed by atoms with Gasteiger partial charge in [-0.1, -0.05) is 6.42 Å². The molecule has 0 saturated heterocycles. The molecule has 0 aromatic carbocycles. The molecule has 0 bridgehead atoms. The summed E-state index contributed by atoms with van der Waals surface area (Å²) in [5, 5.41) is 12.8. The highest BCUT2D eigenvalue weighted by Gasteiger charge is 2.38. The van der Waals surface area contributed by atoms with E-state index in [9.17, 15) is 0 Å². The van der Waals surface area contributed by atoms with Gasteiger partial charge in [0.1, 0.15) is 0 Å². The molecule has 0 aromatic heterocycles. The first-order chi connectivity index (χ1) is 7.79. The molecule has 2 N–H and O–H groups in total. The van der Waals surface area contributed by atoms with Crippen LogP contribution in [0, 0.1) is 11.3 Å². The van der Waals surface area contributed by atoms with Crippen molar-refractivity contribution in [2.24, 2.45) is 11.3 Å². The zero-order chi connectivity index (χ0) is 11.4. The van der Waals surface area contributed by atoms with Gasteiger partial charge >= 0.3 is 0 Å². The maximum absolute atomic E-state index is 9.10. The van der Waals surface area contributed by atoms with Gasteiger partial charge in [-0.2, -0.15) is 0 Å². The second-order valence-electron chi connectivity index (χ2n) is 5.61. The summed E-state index contributed by atoms with van der Waals surface area (Å²) >= 11 is 0. The molecule has 16 heavy (non-hydrogen) atoms. The summed E-state index contributed by atoms with van der Waals surface area (Å²) in [5.74, 6) is 0.839. The lowest BCUT2D eigenvalue weighted by Crippen LogP contribution is -2.46. The van der Waals surface area contributed by atoms with E-state index in [0.29, 0.717) is 18.1 Å². The molecule has 0 aliphatic heterocycles. The normalized spacial score (nSPS) is 25.1. The Morgan fingerprint density at radius 1 is 1.44 bits per heavy atom. The van der Waals surface area contributed by atoms with Crippen molar-refractivity contribution in [1.82, 2.24) is 5.32 Å². The average Bonchev–Trinajstić information content (AvgIpc) is 3.03. The van der Waals surface area contributed by atoms with Crippen LogP contribution >= 0.6 is 0 Å². The molecule has 1 unspecified atom stereocenters. The number of hydrogen-bond donors (Lipinski definition) is 2. The van der Waals surface area contributed by atoms with E-state index >= 15 is 0 Å². The first kappa shape index (κ1) is 12.3. The Hall–Kier alpha value is -0.120. The van der Waals surface area contributed by atoms with E-state index in [1.54, 1.807) is 7.11 Å². The zero-order valence-corrected chi connectivity index (χ0v) is 10.4. The summed E-state index contributed by atoms with van der Waals surface area (Å²) in [5.41, 5.74) is 0.398. The SMILES string of the molecule is COCC(NCC1(CCO)CCC1)C1CC1. The van der Waals surface area contributed by atoms with Crippen LogP contribution in [0.15, 0.2) is 0 Å². The molecular formula is C13H25NO2. The van der Waals surface area contributed by atoms with Crippen molar-refractivity contribution in [1.29, 1.82) is 0 Å². The number of rotatable bonds is 8. The lowest BCUT2D eigenvalue weighted by Gasteiger charge is -2.43. The number of ether oxygens (including phenoxy) is 1. The number of methoxy groups -OCH3 is 1. The molecule has 2 aliphatic rings. The van der Waals surface area contributed by atoms with Gasteiger partial charge in [0.2, 0.25) is 0 Å². The second kappa shape index (κ2) is 5.48. The van der Waals surface area contributed by atoms with Crippen molar-refractivity contribution in [3.8, 4) is 0 Å². The average molecular weight is 227 g/mol. The number of aliphatic hydroxyl groups excluding tert-OH is 1. The van der Waals surface area contributed by atoms with E-state index in [-0.39, 0.29) is 0 Å². The fourth-order valence-electron chi connectivity index (χ4n) is 2.82. The second-order valence-corrected chi connectivity index (χ2v) is 5.61. The van der Waals surface area contributed by atoms with Crippen LogP contribution in [0.25, 0.3) is 0 Å². The largest absolute Gasteiger partial charge is 0.396 e. The van der Waals surface area contributed by atoms with Crippen molar-refractivity contribution >= 4 is 0 Å². The summed E-state index contributed by atoms with van der Waals surface area (Å²) in [6, 6.07) is 0.543. The van der Waals surface area contributed by atoms with Gasteiger partial charge < -0.3 is 15.2 Å². The van der Waals surface area contributed by atoms with Crippen molar-refractivity contribution in [2.45, 2.75) is 44.6 Å². The van der Waals surface area contributed by atoms with Crippen LogP contribution < -0.4 is 5.32 Å². The van der Waals surface area contributed by atoms with Crippen LogP contribution in [-0.2, 0) is 4.74 Å². The fourth-order valence-corrected chi connectivity index (χ4v) is 2.82. The first-order valence-electron chi connectivity index (χ1n) is 6.63. The summed E-state index contributed by atoms with van der Waals surface area (Å²) in [4.78, 5) is 0. The molecule has 2 fully saturated rings. The maximum Gasteiger partial charge on any atom is 0.0618 e. The van der Waals surface area contributed by atoms with Gasteiger partial charge in [-0.3, -0.25) is 0 Å². The third-order valence-corrected chi connectivity index (χ3v) is 4.33. The summed E-state index contributed by atoms with van der Waals surface area (Å²) in [6.07, 6.45) is 7.57. The smallest absolute Gasteiger partial charge is 0.0618 e. The van der Waals surface area contributed by atoms with E-state index in [1.165, 1.54) is 32.1 Å². The van der Waals surface area contributed by atoms with Crippen LogP contribution in [0.4, 0.5) is 0 Å². The topological polar surface area (TPSA) is 41.5 Å². The minimum atomic E-state index is 0.333. The molecule has 2 aliphatic carbocycles. The lowest BCUT2D eigenvalue weighted by molar-refractivity contribution is 0.0728. The summed E-state index contributed by atoms with van der Waals surface area (Å²) in [6.45, 7) is 2.23. The Bertz CT molecular complexity index is 212. The quantitative estimate of drug-likeness (QED) is 0.661. The molecule has 1 atom stereocenters. The highest BCUT2D eigenvalue weighted by Crippen LogP contribution is 2.43. The van der Waals surface area contributed by atoms with E-state index in [4.69, 9.17) is 9.84 Å². The predicted octanol–water partition coefficient (Wildman–Crippen LogP) is 1.55. The predicted molar refractivity (Wildman–Crippen MR) is 64.4 cm³/mol. The monoisotopic (exact) mass is 227 g/mol. The van der Waals surface area contributed by atoms with E-state index < -0.39 is 0 Å².